The van der Waals surface area contributed by atoms with E-state index in [4.69, 9.17) is 21.6 Å². The molecule has 1 unspecified atom stereocenters. The van der Waals surface area contributed by atoms with Crippen LogP contribution in [0.5, 0.6) is 5.88 Å². The lowest BCUT2D eigenvalue weighted by atomic mass is 10.0. The molecule has 1 atom stereocenters. The molecule has 0 saturated carbocycles. The van der Waals surface area contributed by atoms with Gasteiger partial charge in [0, 0.05) is 30.1 Å². The van der Waals surface area contributed by atoms with Gasteiger partial charge in [0.25, 0.3) is 0 Å². The van der Waals surface area contributed by atoms with Gasteiger partial charge in [-0.25, -0.2) is 9.97 Å². The molecule has 1 aliphatic heterocycles. The lowest BCUT2D eigenvalue weighted by molar-refractivity contribution is 0.194. The summed E-state index contributed by atoms with van der Waals surface area (Å²) in [6, 6.07) is 15.5. The van der Waals surface area contributed by atoms with E-state index in [-0.39, 0.29) is 11.3 Å². The summed E-state index contributed by atoms with van der Waals surface area (Å²) >= 11 is 6.04. The molecule has 8 heteroatoms. The van der Waals surface area contributed by atoms with Gasteiger partial charge in [0.05, 0.1) is 29.4 Å². The predicted molar refractivity (Wildman–Crippen MR) is 143 cm³/mol. The number of hydrogen-bond acceptors (Lipinski definition) is 7. The summed E-state index contributed by atoms with van der Waals surface area (Å²) < 4.78 is 6.01. The summed E-state index contributed by atoms with van der Waals surface area (Å²) in [6.45, 7) is 7.56. The van der Waals surface area contributed by atoms with Crippen molar-refractivity contribution >= 4 is 17.3 Å². The van der Waals surface area contributed by atoms with Crippen LogP contribution in [0.2, 0.25) is 5.15 Å². The number of benzene rings is 1. The van der Waals surface area contributed by atoms with E-state index in [2.05, 4.69) is 39.3 Å². The van der Waals surface area contributed by atoms with Crippen LogP contribution in [-0.4, -0.2) is 35.7 Å². The quantitative estimate of drug-likeness (QED) is 0.259. The van der Waals surface area contributed by atoms with Crippen LogP contribution in [-0.2, 0) is 6.42 Å². The Balaban J connectivity index is 0.000000658. The Kier molecular flexibility index (Phi) is 10.0. The lowest BCUT2D eigenvalue weighted by Crippen LogP contribution is -2.40. The van der Waals surface area contributed by atoms with Crippen LogP contribution in [0, 0.1) is 22.7 Å². The first-order chi connectivity index (χ1) is 17.6. The first-order valence-electron chi connectivity index (χ1n) is 11.5. The van der Waals surface area contributed by atoms with Gasteiger partial charge >= 0.3 is 0 Å². The minimum absolute atomic E-state index is 0.0446. The standard InChI is InChI=1S/C23H19ClN6O.C5H8/c24-22-20(11-26)19(6-8-28-22)17-9-21-23(30-12-17)31-18(14-29-21)13-27-7-5-15-1-3-16(10-25)4-2-15;1-3-5-4-2/h1-4,6,8-9,12,18,27,29H,5,7,13-14H2;3-5H,1H2,2H3/b;5-4-. The normalized spacial score (nSPS) is 13.7. The van der Waals surface area contributed by atoms with Gasteiger partial charge in [-0.15, -0.1) is 0 Å². The molecule has 1 aromatic carbocycles. The summed E-state index contributed by atoms with van der Waals surface area (Å²) in [5.74, 6) is 0.535. The third-order valence-electron chi connectivity index (χ3n) is 5.35. The molecule has 0 fully saturated rings. The highest BCUT2D eigenvalue weighted by Gasteiger charge is 2.21. The number of rotatable bonds is 7. The average molecular weight is 499 g/mol. The van der Waals surface area contributed by atoms with Crippen molar-refractivity contribution in [2.24, 2.45) is 0 Å². The van der Waals surface area contributed by atoms with Crippen molar-refractivity contribution in [2.75, 3.05) is 25.0 Å². The Labute approximate surface area is 216 Å². The molecule has 0 radical (unpaired) electrons. The van der Waals surface area contributed by atoms with Crippen molar-refractivity contribution < 1.29 is 4.74 Å². The molecular formula is C28H27ClN6O. The minimum Gasteiger partial charge on any atom is -0.470 e. The Morgan fingerprint density at radius 1 is 1.22 bits per heavy atom. The smallest absolute Gasteiger partial charge is 0.237 e. The number of anilines is 1. The van der Waals surface area contributed by atoms with E-state index in [0.29, 0.717) is 35.7 Å². The topological polar surface area (TPSA) is 107 Å². The fourth-order valence-electron chi connectivity index (χ4n) is 3.52. The number of nitrogens with zero attached hydrogens (tertiary/aromatic N) is 4. The second kappa shape index (κ2) is 13.7. The number of fused-ring (bicyclic) bond motifs is 1. The number of aromatic nitrogens is 2. The molecule has 182 valence electrons. The molecule has 3 heterocycles. The van der Waals surface area contributed by atoms with Gasteiger partial charge < -0.3 is 15.4 Å². The van der Waals surface area contributed by atoms with E-state index < -0.39 is 0 Å². The van der Waals surface area contributed by atoms with Crippen molar-refractivity contribution in [3.63, 3.8) is 0 Å². The highest BCUT2D eigenvalue weighted by Crippen LogP contribution is 2.33. The van der Waals surface area contributed by atoms with E-state index in [1.165, 1.54) is 5.56 Å². The Morgan fingerprint density at radius 2 is 2.03 bits per heavy atom. The highest BCUT2D eigenvalue weighted by molar-refractivity contribution is 6.31. The van der Waals surface area contributed by atoms with E-state index >= 15 is 0 Å². The molecule has 7 nitrogen and oxygen atoms in total. The highest BCUT2D eigenvalue weighted by atomic mass is 35.5. The zero-order valence-corrected chi connectivity index (χ0v) is 20.8. The Morgan fingerprint density at radius 3 is 2.69 bits per heavy atom. The van der Waals surface area contributed by atoms with Gasteiger partial charge in [-0.1, -0.05) is 48.5 Å². The van der Waals surface area contributed by atoms with E-state index in [0.717, 1.165) is 24.2 Å². The van der Waals surface area contributed by atoms with Gasteiger partial charge in [0.2, 0.25) is 5.88 Å². The van der Waals surface area contributed by atoms with Crippen LogP contribution in [0.1, 0.15) is 23.6 Å². The summed E-state index contributed by atoms with van der Waals surface area (Å²) in [7, 11) is 0. The fraction of sp³-hybridized carbons (Fsp3) is 0.214. The maximum atomic E-state index is 9.38. The second-order valence-electron chi connectivity index (χ2n) is 7.86. The van der Waals surface area contributed by atoms with Crippen LogP contribution < -0.4 is 15.4 Å². The average Bonchev–Trinajstić information content (AvgIpc) is 2.92. The maximum Gasteiger partial charge on any atom is 0.237 e. The van der Waals surface area contributed by atoms with Crippen LogP contribution in [0.25, 0.3) is 11.1 Å². The number of hydrogen-bond donors (Lipinski definition) is 2. The Hall–Kier alpha value is -4.17. The SMILES string of the molecule is C=C/C=C\C.N#Cc1ccc(CCNCC2CNc3cc(-c4ccnc(Cl)c4C#N)cnc3O2)cc1. The maximum absolute atomic E-state index is 9.38. The number of halogens is 1. The molecule has 0 bridgehead atoms. The third kappa shape index (κ3) is 7.16. The van der Waals surface area contributed by atoms with Crippen molar-refractivity contribution in [1.82, 2.24) is 15.3 Å². The van der Waals surface area contributed by atoms with Crippen LogP contribution in [0.15, 0.2) is 73.6 Å². The molecule has 3 aromatic rings. The van der Waals surface area contributed by atoms with Crippen LogP contribution in [0.4, 0.5) is 5.69 Å². The van der Waals surface area contributed by atoms with Crippen LogP contribution in [0.3, 0.4) is 0 Å². The zero-order chi connectivity index (χ0) is 25.8. The molecule has 0 aliphatic carbocycles. The summed E-state index contributed by atoms with van der Waals surface area (Å²) in [6.07, 6.45) is 9.65. The van der Waals surface area contributed by atoms with Gasteiger partial charge in [0.15, 0.2) is 0 Å². The second-order valence-corrected chi connectivity index (χ2v) is 8.22. The minimum atomic E-state index is -0.0446. The lowest BCUT2D eigenvalue weighted by Gasteiger charge is -2.27. The van der Waals surface area contributed by atoms with E-state index in [1.807, 2.05) is 49.4 Å². The number of ether oxygens (including phenoxy) is 1. The number of nitriles is 2. The molecule has 0 amide bonds. The van der Waals surface area contributed by atoms with Gasteiger partial charge in [-0.2, -0.15) is 10.5 Å². The fourth-order valence-corrected chi connectivity index (χ4v) is 3.72. The molecular weight excluding hydrogens is 472 g/mol. The van der Waals surface area contributed by atoms with Crippen LogP contribution >= 0.6 is 11.6 Å². The molecule has 2 aromatic heterocycles. The van der Waals surface area contributed by atoms with Crippen molar-refractivity contribution in [1.29, 1.82) is 10.5 Å². The van der Waals surface area contributed by atoms with Crippen molar-refractivity contribution in [2.45, 2.75) is 19.4 Å². The van der Waals surface area contributed by atoms with Gasteiger partial charge in [0.1, 0.15) is 17.3 Å². The third-order valence-corrected chi connectivity index (χ3v) is 5.64. The van der Waals surface area contributed by atoms with E-state index in [9.17, 15) is 5.26 Å². The van der Waals surface area contributed by atoms with Crippen molar-refractivity contribution in [3.05, 3.63) is 95.4 Å². The largest absolute Gasteiger partial charge is 0.470 e. The molecule has 0 saturated heterocycles. The first-order valence-corrected chi connectivity index (χ1v) is 11.9. The predicted octanol–water partition coefficient (Wildman–Crippen LogP) is 5.29. The number of pyridine rings is 2. The first kappa shape index (κ1) is 26.4. The molecule has 4 rings (SSSR count). The summed E-state index contributed by atoms with van der Waals surface area (Å²) in [5.41, 5.74) is 4.42. The van der Waals surface area contributed by atoms with Gasteiger partial charge in [-0.05, 0) is 49.7 Å². The summed E-state index contributed by atoms with van der Waals surface area (Å²) in [4.78, 5) is 8.39. The molecule has 0 spiro atoms. The number of allylic oxidation sites excluding steroid dienone is 3. The molecule has 36 heavy (non-hydrogen) atoms. The number of nitrogens with one attached hydrogen (secondary N) is 2. The zero-order valence-electron chi connectivity index (χ0n) is 20.0. The summed E-state index contributed by atoms with van der Waals surface area (Å²) in [5, 5.41) is 25.2. The monoisotopic (exact) mass is 498 g/mol. The van der Waals surface area contributed by atoms with E-state index in [1.54, 1.807) is 24.5 Å². The molecule has 1 aliphatic rings. The van der Waals surface area contributed by atoms with Gasteiger partial charge in [-0.3, -0.25) is 0 Å². The molecule has 2 N–H and O–H groups in total. The Bertz CT molecular complexity index is 1290. The van der Waals surface area contributed by atoms with Crippen molar-refractivity contribution in [3.8, 4) is 29.1 Å².